The number of fused-ring (bicyclic) bond motifs is 1. The number of carbonyl (C=O) groups is 3. The smallest absolute Gasteiger partial charge is 0.339 e. The van der Waals surface area contributed by atoms with Crippen molar-refractivity contribution in [1.29, 1.82) is 0 Å². The van der Waals surface area contributed by atoms with E-state index in [1.807, 2.05) is 0 Å². The molecule has 2 aromatic rings. The number of allylic oxidation sites excluding steroid dienone is 5. The van der Waals surface area contributed by atoms with Gasteiger partial charge < -0.3 is 10.1 Å². The molecule has 0 saturated heterocycles. The van der Waals surface area contributed by atoms with Gasteiger partial charge in [-0.05, 0) is 12.2 Å². The summed E-state index contributed by atoms with van der Waals surface area (Å²) >= 11 is 0. The number of hydrogen-bond donors (Lipinski definition) is 2. The number of nitrogens with one attached hydrogen (secondary N) is 1. The molecular formula is C14H8N4O4. The summed E-state index contributed by atoms with van der Waals surface area (Å²) in [6.07, 6.45) is 7.73. The molecule has 108 valence electrons. The molecule has 1 aliphatic rings. The van der Waals surface area contributed by atoms with E-state index in [9.17, 15) is 19.5 Å². The highest BCUT2D eigenvalue weighted by atomic mass is 16.4. The second-order valence-corrected chi connectivity index (χ2v) is 4.38. The van der Waals surface area contributed by atoms with Gasteiger partial charge in [-0.1, -0.05) is 12.2 Å². The number of imidazole rings is 1. The molecule has 0 bridgehead atoms. The summed E-state index contributed by atoms with van der Waals surface area (Å²) in [5, 5.41) is 9.33. The van der Waals surface area contributed by atoms with Crippen LogP contribution in [0.5, 0.6) is 0 Å². The number of carboxylic acid groups (broad SMARTS) is 1. The lowest BCUT2D eigenvalue weighted by atomic mass is 9.99. The molecular weight excluding hydrogens is 288 g/mol. The molecule has 3 rings (SSSR count). The molecule has 2 N–H and O–H groups in total. The van der Waals surface area contributed by atoms with Crippen LogP contribution in [0.2, 0.25) is 0 Å². The molecule has 8 heteroatoms. The number of carbonyl (C=O) groups excluding carboxylic acids is 2. The molecule has 0 atom stereocenters. The highest BCUT2D eigenvalue weighted by Crippen LogP contribution is 2.19. The van der Waals surface area contributed by atoms with Crippen LogP contribution in [0.4, 0.5) is 0 Å². The number of aliphatic carboxylic acids is 1. The van der Waals surface area contributed by atoms with Crippen molar-refractivity contribution in [3.8, 4) is 0 Å². The van der Waals surface area contributed by atoms with E-state index in [1.54, 1.807) is 0 Å². The Balaban J connectivity index is 2.10. The fraction of sp³-hybridized carbons (Fsp3) is 0. The monoisotopic (exact) mass is 296 g/mol. The minimum Gasteiger partial charge on any atom is -0.478 e. The zero-order valence-electron chi connectivity index (χ0n) is 11.0. The van der Waals surface area contributed by atoms with Crippen molar-refractivity contribution in [2.45, 2.75) is 0 Å². The molecule has 0 aromatic carbocycles. The highest BCUT2D eigenvalue weighted by molar-refractivity contribution is 6.49. The number of aromatic amines is 1. The van der Waals surface area contributed by atoms with Crippen LogP contribution < -0.4 is 0 Å². The summed E-state index contributed by atoms with van der Waals surface area (Å²) in [7, 11) is 0. The van der Waals surface area contributed by atoms with Gasteiger partial charge in [-0.2, -0.15) is 0 Å². The SMILES string of the molecule is O=C(O)C(=CC1=CC=CC(=O)C1=O)c1nc2ncncc2[nH]1. The maximum atomic E-state index is 11.7. The van der Waals surface area contributed by atoms with Crippen LogP contribution in [-0.4, -0.2) is 42.6 Å². The third kappa shape index (κ3) is 2.33. The Kier molecular flexibility index (Phi) is 3.18. The van der Waals surface area contributed by atoms with E-state index in [2.05, 4.69) is 19.9 Å². The summed E-state index contributed by atoms with van der Waals surface area (Å²) < 4.78 is 0. The largest absolute Gasteiger partial charge is 0.478 e. The van der Waals surface area contributed by atoms with Crippen molar-refractivity contribution >= 4 is 34.3 Å². The van der Waals surface area contributed by atoms with Gasteiger partial charge in [-0.15, -0.1) is 0 Å². The lowest BCUT2D eigenvalue weighted by Gasteiger charge is -2.04. The molecule has 2 aromatic heterocycles. The average Bonchev–Trinajstić information content (AvgIpc) is 2.91. The molecule has 1 aliphatic carbocycles. The van der Waals surface area contributed by atoms with Gasteiger partial charge in [0.1, 0.15) is 23.2 Å². The van der Waals surface area contributed by atoms with Crippen molar-refractivity contribution < 1.29 is 19.5 Å². The topological polar surface area (TPSA) is 126 Å². The third-order valence-corrected chi connectivity index (χ3v) is 2.96. The molecule has 0 spiro atoms. The first-order valence-corrected chi connectivity index (χ1v) is 6.14. The fourth-order valence-electron chi connectivity index (χ4n) is 1.92. The number of rotatable bonds is 3. The van der Waals surface area contributed by atoms with Gasteiger partial charge in [0.15, 0.2) is 5.65 Å². The van der Waals surface area contributed by atoms with Gasteiger partial charge in [0.2, 0.25) is 11.6 Å². The van der Waals surface area contributed by atoms with E-state index in [4.69, 9.17) is 0 Å². The Morgan fingerprint density at radius 2 is 2.14 bits per heavy atom. The van der Waals surface area contributed by atoms with Gasteiger partial charge in [0, 0.05) is 5.57 Å². The van der Waals surface area contributed by atoms with Gasteiger partial charge in [-0.25, -0.2) is 19.7 Å². The van der Waals surface area contributed by atoms with Crippen LogP contribution in [0, 0.1) is 0 Å². The van der Waals surface area contributed by atoms with Crippen LogP contribution in [0.15, 0.2) is 42.4 Å². The van der Waals surface area contributed by atoms with E-state index >= 15 is 0 Å². The predicted octanol–water partition coefficient (Wildman–Crippen LogP) is 0.455. The fourth-order valence-corrected chi connectivity index (χ4v) is 1.92. The summed E-state index contributed by atoms with van der Waals surface area (Å²) in [4.78, 5) is 49.0. The lowest BCUT2D eigenvalue weighted by Crippen LogP contribution is -2.16. The lowest BCUT2D eigenvalue weighted by molar-refractivity contribution is -0.131. The Morgan fingerprint density at radius 1 is 1.32 bits per heavy atom. The maximum Gasteiger partial charge on any atom is 0.339 e. The van der Waals surface area contributed by atoms with Crippen LogP contribution in [0.1, 0.15) is 5.82 Å². The number of aromatic nitrogens is 4. The molecule has 8 nitrogen and oxygen atoms in total. The number of ketones is 2. The van der Waals surface area contributed by atoms with Crippen LogP contribution in [0.3, 0.4) is 0 Å². The van der Waals surface area contributed by atoms with Crippen LogP contribution in [-0.2, 0) is 14.4 Å². The highest BCUT2D eigenvalue weighted by Gasteiger charge is 2.22. The minimum atomic E-state index is -1.29. The first-order valence-electron chi connectivity index (χ1n) is 6.14. The molecule has 0 radical (unpaired) electrons. The Labute approximate surface area is 122 Å². The van der Waals surface area contributed by atoms with E-state index < -0.39 is 17.5 Å². The second-order valence-electron chi connectivity index (χ2n) is 4.38. The zero-order chi connectivity index (χ0) is 15.7. The van der Waals surface area contributed by atoms with Gasteiger partial charge >= 0.3 is 5.97 Å². The van der Waals surface area contributed by atoms with Crippen molar-refractivity contribution in [1.82, 2.24) is 19.9 Å². The zero-order valence-corrected chi connectivity index (χ0v) is 11.0. The first-order chi connectivity index (χ1) is 10.6. The molecule has 0 unspecified atom stereocenters. The van der Waals surface area contributed by atoms with E-state index in [-0.39, 0.29) is 17.0 Å². The van der Waals surface area contributed by atoms with Crippen molar-refractivity contribution in [3.63, 3.8) is 0 Å². The summed E-state index contributed by atoms with van der Waals surface area (Å²) in [6.45, 7) is 0. The molecule has 2 heterocycles. The molecule has 0 amide bonds. The minimum absolute atomic E-state index is 0.0172. The average molecular weight is 296 g/mol. The predicted molar refractivity (Wildman–Crippen MR) is 74.5 cm³/mol. The molecule has 22 heavy (non-hydrogen) atoms. The van der Waals surface area contributed by atoms with E-state index in [0.717, 1.165) is 12.2 Å². The van der Waals surface area contributed by atoms with Crippen molar-refractivity contribution in [2.24, 2.45) is 0 Å². The number of Topliss-reactive ketones (excluding diaryl/α,β-unsaturated/α-hetero) is 1. The van der Waals surface area contributed by atoms with Gasteiger partial charge in [0.05, 0.1) is 6.20 Å². The maximum absolute atomic E-state index is 11.7. The van der Waals surface area contributed by atoms with Crippen molar-refractivity contribution in [2.75, 3.05) is 0 Å². The Bertz CT molecular complexity index is 871. The van der Waals surface area contributed by atoms with E-state index in [0.29, 0.717) is 11.2 Å². The quantitative estimate of drug-likeness (QED) is 0.478. The standard InChI is InChI=1S/C14H8N4O4/c19-10-3-1-2-7(11(10)20)4-8(14(21)22)12-17-9-5-15-6-16-13(9)18-12/h1-6H,(H,21,22)(H,15,16,17,18). The van der Waals surface area contributed by atoms with Crippen LogP contribution >= 0.6 is 0 Å². The molecule has 0 fully saturated rings. The van der Waals surface area contributed by atoms with Gasteiger partial charge in [0.25, 0.3) is 0 Å². The number of hydrogen-bond acceptors (Lipinski definition) is 6. The molecule has 0 saturated carbocycles. The third-order valence-electron chi connectivity index (χ3n) is 2.96. The van der Waals surface area contributed by atoms with Gasteiger partial charge in [-0.3, -0.25) is 9.59 Å². The number of nitrogens with zero attached hydrogens (tertiary/aromatic N) is 3. The summed E-state index contributed by atoms with van der Waals surface area (Å²) in [6, 6.07) is 0. The van der Waals surface area contributed by atoms with Crippen molar-refractivity contribution in [3.05, 3.63) is 48.2 Å². The Hall–Kier alpha value is -3.42. The second kappa shape index (κ2) is 5.17. The Morgan fingerprint density at radius 3 is 2.86 bits per heavy atom. The summed E-state index contributed by atoms with van der Waals surface area (Å²) in [5.41, 5.74) is 0.499. The molecule has 0 aliphatic heterocycles. The van der Waals surface area contributed by atoms with Crippen LogP contribution in [0.25, 0.3) is 16.7 Å². The van der Waals surface area contributed by atoms with E-state index in [1.165, 1.54) is 24.7 Å². The number of H-pyrrole nitrogens is 1. The first kappa shape index (κ1) is 13.6. The number of carboxylic acids is 1. The normalized spacial score (nSPS) is 15.3. The summed E-state index contributed by atoms with van der Waals surface area (Å²) in [5.74, 6) is -2.73.